The molecule has 0 unspecified atom stereocenters. The molecule has 4 N–H and O–H groups in total. The third kappa shape index (κ3) is 3.55. The van der Waals surface area contributed by atoms with E-state index in [0.29, 0.717) is 6.04 Å². The summed E-state index contributed by atoms with van der Waals surface area (Å²) in [4.78, 5) is 1.80. The smallest absolute Gasteiger partial charge is 0.134 e. The molecule has 1 heterocycles. The minimum absolute atomic E-state index is 0.679. The summed E-state index contributed by atoms with van der Waals surface area (Å²) in [6.45, 7) is 6.34. The average molecular weight is 172 g/mol. The molecular weight excluding hydrogens is 148 g/mol. The molecule has 1 rings (SSSR count). The zero-order valence-electron chi connectivity index (χ0n) is 8.44. The van der Waals surface area contributed by atoms with Crippen molar-refractivity contribution in [3.05, 3.63) is 0 Å². The van der Waals surface area contributed by atoms with Gasteiger partial charge < -0.3 is 10.6 Å². The number of nitrogens with one attached hydrogen (secondary N) is 1. The maximum Gasteiger partial charge on any atom is 0.134 e. The van der Waals surface area contributed by atoms with Gasteiger partial charge >= 0.3 is 0 Å². The van der Waals surface area contributed by atoms with Crippen LogP contribution in [0.15, 0.2) is 0 Å². The first-order valence-electron chi connectivity index (χ1n) is 5.49. The number of hydrogen-bond donors (Lipinski definition) is 2. The van der Waals surface area contributed by atoms with Crippen LogP contribution in [-0.2, 0) is 0 Å². The fourth-order valence-electron chi connectivity index (χ4n) is 1.99. The van der Waals surface area contributed by atoms with E-state index in [4.69, 9.17) is 0 Å². The van der Waals surface area contributed by atoms with E-state index in [1.54, 1.807) is 4.90 Å². The Morgan fingerprint density at radius 1 is 1.17 bits per heavy atom. The fourth-order valence-corrected chi connectivity index (χ4v) is 1.99. The lowest BCUT2D eigenvalue weighted by molar-refractivity contribution is -0.908. The summed E-state index contributed by atoms with van der Waals surface area (Å²) in [5, 5.41) is 0. The highest BCUT2D eigenvalue weighted by atomic mass is 15.1. The molecule has 12 heavy (non-hydrogen) atoms. The third-order valence-electron chi connectivity index (χ3n) is 2.97. The predicted molar refractivity (Wildman–Crippen MR) is 51.0 cm³/mol. The molecule has 0 aromatic heterocycles. The highest BCUT2D eigenvalue weighted by Crippen LogP contribution is 1.99. The summed E-state index contributed by atoms with van der Waals surface area (Å²) in [5.41, 5.74) is 4.16. The highest BCUT2D eigenvalue weighted by Gasteiger charge is 2.16. The molecule has 0 aromatic rings. The van der Waals surface area contributed by atoms with Crippen LogP contribution in [0.2, 0.25) is 0 Å². The number of rotatable bonds is 3. The SMILES string of the molecule is CC[C@@H]([NH3+])C[NH+]1CCCCCC1. The second-order valence-electron chi connectivity index (χ2n) is 4.14. The van der Waals surface area contributed by atoms with E-state index >= 15 is 0 Å². The van der Waals surface area contributed by atoms with Crippen LogP contribution in [0.1, 0.15) is 39.0 Å². The first kappa shape index (κ1) is 10.0. The summed E-state index contributed by atoms with van der Waals surface area (Å²) < 4.78 is 0. The highest BCUT2D eigenvalue weighted by molar-refractivity contribution is 4.50. The van der Waals surface area contributed by atoms with Crippen molar-refractivity contribution in [2.45, 2.75) is 45.1 Å². The zero-order chi connectivity index (χ0) is 8.81. The quantitative estimate of drug-likeness (QED) is 0.573. The van der Waals surface area contributed by atoms with Crippen molar-refractivity contribution in [1.82, 2.24) is 0 Å². The molecule has 2 nitrogen and oxygen atoms in total. The standard InChI is InChI=1S/C10H22N2/c1-2-10(11)9-12-7-5-3-4-6-8-12/h10H,2-9,11H2,1H3/p+2/t10-/m1/s1. The molecule has 0 saturated carbocycles. The lowest BCUT2D eigenvalue weighted by Crippen LogP contribution is -3.14. The Balaban J connectivity index is 2.20. The molecule has 0 radical (unpaired) electrons. The predicted octanol–water partition coefficient (Wildman–Crippen LogP) is -0.534. The molecular formula is C10H24N2+2. The topological polar surface area (TPSA) is 32.1 Å². The van der Waals surface area contributed by atoms with Crippen LogP contribution in [0.3, 0.4) is 0 Å². The molecule has 2 heteroatoms. The maximum absolute atomic E-state index is 4.16. The maximum atomic E-state index is 4.16. The van der Waals surface area contributed by atoms with Gasteiger partial charge in [-0.25, -0.2) is 0 Å². The molecule has 1 atom stereocenters. The summed E-state index contributed by atoms with van der Waals surface area (Å²) in [6, 6.07) is 0.679. The van der Waals surface area contributed by atoms with Crippen molar-refractivity contribution >= 4 is 0 Å². The van der Waals surface area contributed by atoms with Crippen molar-refractivity contribution in [3.63, 3.8) is 0 Å². The molecule has 0 aromatic carbocycles. The van der Waals surface area contributed by atoms with Crippen LogP contribution in [0.4, 0.5) is 0 Å². The third-order valence-corrected chi connectivity index (χ3v) is 2.97. The van der Waals surface area contributed by atoms with Crippen LogP contribution < -0.4 is 10.6 Å². The van der Waals surface area contributed by atoms with E-state index in [-0.39, 0.29) is 0 Å². The minimum atomic E-state index is 0.679. The Morgan fingerprint density at radius 3 is 2.25 bits per heavy atom. The van der Waals surface area contributed by atoms with Gasteiger partial charge in [-0.05, 0) is 25.7 Å². The molecule has 1 aliphatic heterocycles. The number of quaternary nitrogens is 2. The normalized spacial score (nSPS) is 23.5. The van der Waals surface area contributed by atoms with Gasteiger partial charge in [0, 0.05) is 6.42 Å². The Hall–Kier alpha value is -0.0800. The Morgan fingerprint density at radius 2 is 1.75 bits per heavy atom. The van der Waals surface area contributed by atoms with E-state index < -0.39 is 0 Å². The Kier molecular flexibility index (Phi) is 4.62. The minimum Gasteiger partial charge on any atom is -0.350 e. The van der Waals surface area contributed by atoms with Crippen LogP contribution in [0.25, 0.3) is 0 Å². The van der Waals surface area contributed by atoms with Crippen molar-refractivity contribution in [3.8, 4) is 0 Å². The largest absolute Gasteiger partial charge is 0.350 e. The van der Waals surface area contributed by atoms with Gasteiger partial charge in [0.1, 0.15) is 12.6 Å². The molecule has 72 valence electrons. The van der Waals surface area contributed by atoms with Crippen LogP contribution in [0.5, 0.6) is 0 Å². The summed E-state index contributed by atoms with van der Waals surface area (Å²) in [7, 11) is 0. The van der Waals surface area contributed by atoms with Gasteiger partial charge in [0.05, 0.1) is 13.1 Å². The second kappa shape index (κ2) is 5.55. The lowest BCUT2D eigenvalue weighted by atomic mass is 10.2. The monoisotopic (exact) mass is 172 g/mol. The van der Waals surface area contributed by atoms with Gasteiger partial charge in [0.15, 0.2) is 0 Å². The van der Waals surface area contributed by atoms with Gasteiger partial charge in [-0.2, -0.15) is 0 Å². The van der Waals surface area contributed by atoms with Crippen molar-refractivity contribution in [2.24, 2.45) is 0 Å². The molecule has 0 amide bonds. The zero-order valence-corrected chi connectivity index (χ0v) is 8.44. The van der Waals surface area contributed by atoms with Gasteiger partial charge in [-0.15, -0.1) is 0 Å². The molecule has 0 bridgehead atoms. The number of hydrogen-bond acceptors (Lipinski definition) is 0. The van der Waals surface area contributed by atoms with Gasteiger partial charge in [-0.3, -0.25) is 0 Å². The van der Waals surface area contributed by atoms with Gasteiger partial charge in [-0.1, -0.05) is 6.92 Å². The summed E-state index contributed by atoms with van der Waals surface area (Å²) in [5.74, 6) is 0. The summed E-state index contributed by atoms with van der Waals surface area (Å²) >= 11 is 0. The summed E-state index contributed by atoms with van der Waals surface area (Å²) in [6.07, 6.45) is 7.02. The first-order chi connectivity index (χ1) is 5.83. The Bertz CT molecular complexity index is 106. The second-order valence-corrected chi connectivity index (χ2v) is 4.14. The molecule has 1 fully saturated rings. The van der Waals surface area contributed by atoms with Crippen LogP contribution >= 0.6 is 0 Å². The van der Waals surface area contributed by atoms with E-state index in [0.717, 1.165) is 0 Å². The molecule has 0 spiro atoms. The van der Waals surface area contributed by atoms with E-state index in [1.807, 2.05) is 0 Å². The van der Waals surface area contributed by atoms with Crippen LogP contribution in [-0.4, -0.2) is 25.7 Å². The van der Waals surface area contributed by atoms with Gasteiger partial charge in [0.25, 0.3) is 0 Å². The van der Waals surface area contributed by atoms with Crippen molar-refractivity contribution < 1.29 is 10.6 Å². The lowest BCUT2D eigenvalue weighted by Gasteiger charge is -2.18. The fraction of sp³-hybridized carbons (Fsp3) is 1.00. The van der Waals surface area contributed by atoms with Gasteiger partial charge in [0.2, 0.25) is 0 Å². The van der Waals surface area contributed by atoms with E-state index in [9.17, 15) is 0 Å². The molecule has 1 aliphatic rings. The average Bonchev–Trinajstić information content (AvgIpc) is 2.33. The van der Waals surface area contributed by atoms with Crippen molar-refractivity contribution in [1.29, 1.82) is 0 Å². The van der Waals surface area contributed by atoms with E-state index in [1.165, 1.54) is 51.7 Å². The van der Waals surface area contributed by atoms with Crippen molar-refractivity contribution in [2.75, 3.05) is 19.6 Å². The van der Waals surface area contributed by atoms with Crippen LogP contribution in [0, 0.1) is 0 Å². The Labute approximate surface area is 76.1 Å². The number of likely N-dealkylation sites (tertiary alicyclic amines) is 1. The van der Waals surface area contributed by atoms with E-state index in [2.05, 4.69) is 12.7 Å². The molecule has 1 saturated heterocycles. The molecule has 0 aliphatic carbocycles. The first-order valence-corrected chi connectivity index (χ1v) is 5.49.